The second-order valence-electron chi connectivity index (χ2n) is 11.3. The molecule has 0 aromatic rings. The average Bonchev–Trinajstić information content (AvgIpc) is 3.25. The summed E-state index contributed by atoms with van der Waals surface area (Å²) in [6.07, 6.45) is 2.80. The van der Waals surface area contributed by atoms with Crippen LogP contribution in [0.2, 0.25) is 36.3 Å². The summed E-state index contributed by atoms with van der Waals surface area (Å²) in [5.74, 6) is 0.614. The summed E-state index contributed by atoms with van der Waals surface area (Å²) < 4.78 is 18.8. The Bertz CT molecular complexity index is 611. The minimum absolute atomic E-state index is 0.0517. The molecule has 4 atom stereocenters. The Hall–Kier alpha value is -0.436. The number of carbonyl (C=O) groups excluding carboxylic acids is 1. The van der Waals surface area contributed by atoms with Crippen LogP contribution in [0.3, 0.4) is 0 Å². The molecule has 4 nitrogen and oxygen atoms in total. The SMILES string of the molecule is COC(=O)C1=C[C@H]2C[C@H]2[C@H](O[Si](C)(C)C(C)(C)C)[C@H]1O[Si](C)(C)C(C)(C)C. The highest BCUT2D eigenvalue weighted by molar-refractivity contribution is 6.74. The molecule has 0 aromatic carbocycles. The lowest BCUT2D eigenvalue weighted by Crippen LogP contribution is -2.54. The van der Waals surface area contributed by atoms with Gasteiger partial charge in [0.2, 0.25) is 0 Å². The minimum atomic E-state index is -2.08. The molecule has 156 valence electrons. The fraction of sp³-hybridized carbons (Fsp3) is 0.857. The lowest BCUT2D eigenvalue weighted by molar-refractivity contribution is -0.138. The monoisotopic (exact) mass is 412 g/mol. The fourth-order valence-electron chi connectivity index (χ4n) is 3.13. The third-order valence-corrected chi connectivity index (χ3v) is 16.1. The van der Waals surface area contributed by atoms with E-state index in [2.05, 4.69) is 73.8 Å². The Kier molecular flexibility index (Phi) is 6.02. The van der Waals surface area contributed by atoms with Crippen molar-refractivity contribution in [1.82, 2.24) is 0 Å². The van der Waals surface area contributed by atoms with Crippen molar-refractivity contribution >= 4 is 22.6 Å². The maximum Gasteiger partial charge on any atom is 0.336 e. The second kappa shape index (κ2) is 7.11. The van der Waals surface area contributed by atoms with Gasteiger partial charge in [0.1, 0.15) is 6.10 Å². The van der Waals surface area contributed by atoms with Gasteiger partial charge in [-0.25, -0.2) is 4.79 Å². The maximum atomic E-state index is 12.6. The first-order valence-corrected chi connectivity index (χ1v) is 16.0. The predicted octanol–water partition coefficient (Wildman–Crippen LogP) is 5.52. The quantitative estimate of drug-likeness (QED) is 0.441. The molecule has 6 heteroatoms. The molecule has 2 aliphatic carbocycles. The summed E-state index contributed by atoms with van der Waals surface area (Å²) in [5, 5.41) is 0.182. The number of rotatable bonds is 5. The molecule has 1 fully saturated rings. The summed E-state index contributed by atoms with van der Waals surface area (Å²) in [4.78, 5) is 12.6. The van der Waals surface area contributed by atoms with Crippen molar-refractivity contribution in [1.29, 1.82) is 0 Å². The molecule has 0 heterocycles. The number of methoxy groups -OCH3 is 1. The van der Waals surface area contributed by atoms with Crippen LogP contribution in [0.15, 0.2) is 11.6 Å². The van der Waals surface area contributed by atoms with Crippen molar-refractivity contribution in [3.63, 3.8) is 0 Å². The molecule has 0 bridgehead atoms. The van der Waals surface area contributed by atoms with E-state index in [9.17, 15) is 4.79 Å². The molecule has 1 saturated carbocycles. The fourth-order valence-corrected chi connectivity index (χ4v) is 5.71. The van der Waals surface area contributed by atoms with Crippen LogP contribution >= 0.6 is 0 Å². The van der Waals surface area contributed by atoms with E-state index in [1.807, 2.05) is 0 Å². The van der Waals surface area contributed by atoms with Crippen molar-refractivity contribution in [3.8, 4) is 0 Å². The topological polar surface area (TPSA) is 44.8 Å². The van der Waals surface area contributed by atoms with E-state index in [1.54, 1.807) is 0 Å². The maximum absolute atomic E-state index is 12.6. The Morgan fingerprint density at radius 1 is 0.963 bits per heavy atom. The zero-order valence-corrected chi connectivity index (χ0v) is 21.2. The second-order valence-corrected chi connectivity index (χ2v) is 20.8. The van der Waals surface area contributed by atoms with Crippen LogP contribution in [-0.4, -0.2) is 41.9 Å². The first kappa shape index (κ1) is 22.8. The van der Waals surface area contributed by atoms with E-state index in [1.165, 1.54) is 7.11 Å². The highest BCUT2D eigenvalue weighted by Gasteiger charge is 2.56. The number of fused-ring (bicyclic) bond motifs is 1. The lowest BCUT2D eigenvalue weighted by Gasteiger charge is -2.46. The molecule has 0 radical (unpaired) electrons. The molecule has 27 heavy (non-hydrogen) atoms. The van der Waals surface area contributed by atoms with Crippen LogP contribution in [0.5, 0.6) is 0 Å². The van der Waals surface area contributed by atoms with Crippen molar-refractivity contribution in [2.75, 3.05) is 7.11 Å². The predicted molar refractivity (Wildman–Crippen MR) is 116 cm³/mol. The van der Waals surface area contributed by atoms with Gasteiger partial charge in [-0.1, -0.05) is 47.6 Å². The van der Waals surface area contributed by atoms with E-state index in [0.29, 0.717) is 17.4 Å². The highest BCUT2D eigenvalue weighted by Crippen LogP contribution is 2.53. The molecule has 0 aromatic heterocycles. The van der Waals surface area contributed by atoms with Crippen LogP contribution in [0.4, 0.5) is 0 Å². The van der Waals surface area contributed by atoms with Gasteiger partial charge in [0.25, 0.3) is 0 Å². The summed E-state index contributed by atoms with van der Waals surface area (Å²) in [7, 11) is -2.62. The van der Waals surface area contributed by atoms with E-state index < -0.39 is 16.6 Å². The summed E-state index contributed by atoms with van der Waals surface area (Å²) in [5.41, 5.74) is 0.671. The molecule has 0 aliphatic heterocycles. The van der Waals surface area contributed by atoms with Crippen LogP contribution in [0.1, 0.15) is 48.0 Å². The molecular formula is C21H40O4Si2. The van der Waals surface area contributed by atoms with Crippen LogP contribution in [0, 0.1) is 11.8 Å². The third-order valence-electron chi connectivity index (χ3n) is 7.20. The zero-order chi connectivity index (χ0) is 21.0. The Labute approximate surface area is 168 Å². The summed E-state index contributed by atoms with van der Waals surface area (Å²) in [6.45, 7) is 22.5. The molecule has 0 unspecified atom stereocenters. The van der Waals surface area contributed by atoms with E-state index >= 15 is 0 Å². The molecule has 2 aliphatic rings. The van der Waals surface area contributed by atoms with Gasteiger partial charge >= 0.3 is 5.97 Å². The molecule has 0 amide bonds. The molecule has 0 saturated heterocycles. The number of carbonyl (C=O) groups is 1. The van der Waals surface area contributed by atoms with Gasteiger partial charge in [0, 0.05) is 0 Å². The minimum Gasteiger partial charge on any atom is -0.466 e. The van der Waals surface area contributed by atoms with Gasteiger partial charge in [0.05, 0.1) is 18.8 Å². The smallest absolute Gasteiger partial charge is 0.336 e. The normalized spacial score (nSPS) is 29.1. The van der Waals surface area contributed by atoms with Crippen molar-refractivity contribution < 1.29 is 18.4 Å². The number of hydrogen-bond acceptors (Lipinski definition) is 4. The summed E-state index contributed by atoms with van der Waals surface area (Å²) in [6, 6.07) is 0. The summed E-state index contributed by atoms with van der Waals surface area (Å²) >= 11 is 0. The van der Waals surface area contributed by atoms with Crippen molar-refractivity contribution in [2.45, 2.75) is 96.4 Å². The number of hydrogen-bond donors (Lipinski definition) is 0. The van der Waals surface area contributed by atoms with Crippen molar-refractivity contribution in [3.05, 3.63) is 11.6 Å². The first-order valence-electron chi connectivity index (χ1n) is 10.2. The van der Waals surface area contributed by atoms with Gasteiger partial charge in [0.15, 0.2) is 16.6 Å². The number of esters is 1. The van der Waals surface area contributed by atoms with Crippen LogP contribution in [0.25, 0.3) is 0 Å². The van der Waals surface area contributed by atoms with Gasteiger partial charge in [-0.05, 0) is 54.5 Å². The van der Waals surface area contributed by atoms with Gasteiger partial charge in [-0.2, -0.15) is 0 Å². The zero-order valence-electron chi connectivity index (χ0n) is 19.2. The first-order chi connectivity index (χ1) is 12.0. The Balaban J connectivity index is 2.41. The highest BCUT2D eigenvalue weighted by atomic mass is 28.4. The Morgan fingerprint density at radius 2 is 1.44 bits per heavy atom. The van der Waals surface area contributed by atoms with Crippen LogP contribution in [-0.2, 0) is 18.4 Å². The van der Waals surface area contributed by atoms with Gasteiger partial charge in [-0.15, -0.1) is 0 Å². The van der Waals surface area contributed by atoms with E-state index in [0.717, 1.165) is 6.42 Å². The van der Waals surface area contributed by atoms with Gasteiger partial charge in [-0.3, -0.25) is 0 Å². The van der Waals surface area contributed by atoms with E-state index in [-0.39, 0.29) is 28.3 Å². The molecule has 0 spiro atoms. The molecular weight excluding hydrogens is 372 g/mol. The number of ether oxygens (including phenoxy) is 1. The van der Waals surface area contributed by atoms with Gasteiger partial charge < -0.3 is 13.6 Å². The number of allylic oxidation sites excluding steroid dienone is 1. The standard InChI is InChI=1S/C21H40O4Si2/c1-20(2,3)26(8,9)24-17-15-12-14(15)13-16(19(22)23-7)18(17)25-27(10,11)21(4,5)6/h13-15,17-18H,12H2,1-11H3/t14-,15-,17+,18+/m1/s1. The van der Waals surface area contributed by atoms with Crippen molar-refractivity contribution in [2.24, 2.45) is 11.8 Å². The molecule has 0 N–H and O–H groups in total. The largest absolute Gasteiger partial charge is 0.466 e. The Morgan fingerprint density at radius 3 is 1.89 bits per heavy atom. The van der Waals surface area contributed by atoms with Crippen LogP contribution < -0.4 is 0 Å². The molecule has 2 rings (SSSR count). The third kappa shape index (κ3) is 4.60. The van der Waals surface area contributed by atoms with E-state index in [4.69, 9.17) is 13.6 Å². The lowest BCUT2D eigenvalue weighted by atomic mass is 9.94. The average molecular weight is 413 g/mol.